The number of carbonyl (C=O) groups excluding carboxylic acids is 1. The monoisotopic (exact) mass is 248 g/mol. The third-order valence-electron chi connectivity index (χ3n) is 2.56. The zero-order valence-electron chi connectivity index (χ0n) is 10.4. The van der Waals surface area contributed by atoms with Gasteiger partial charge in [0, 0.05) is 12.6 Å². The number of rotatable bonds is 4. The van der Waals surface area contributed by atoms with Crippen molar-refractivity contribution in [1.29, 1.82) is 5.26 Å². The van der Waals surface area contributed by atoms with Gasteiger partial charge in [0.15, 0.2) is 0 Å². The van der Waals surface area contributed by atoms with Crippen LogP contribution in [0.25, 0.3) is 0 Å². The zero-order valence-corrected chi connectivity index (χ0v) is 10.4. The predicted molar refractivity (Wildman–Crippen MR) is 66.2 cm³/mol. The van der Waals surface area contributed by atoms with E-state index in [2.05, 4.69) is 0 Å². The van der Waals surface area contributed by atoms with Crippen LogP contribution in [0.2, 0.25) is 0 Å². The Morgan fingerprint density at radius 1 is 1.44 bits per heavy atom. The van der Waals surface area contributed by atoms with Crippen molar-refractivity contribution in [1.82, 2.24) is 4.90 Å². The third-order valence-corrected chi connectivity index (χ3v) is 2.56. The number of nitrogens with zero attached hydrogens (tertiary/aromatic N) is 2. The van der Waals surface area contributed by atoms with Crippen LogP contribution in [0.1, 0.15) is 30.6 Å². The molecule has 5 nitrogen and oxygen atoms in total. The number of phenolic OH excluding ortho intramolecular Hbond substituents is 2. The van der Waals surface area contributed by atoms with Crippen LogP contribution in [0.3, 0.4) is 0 Å². The van der Waals surface area contributed by atoms with Gasteiger partial charge < -0.3 is 15.1 Å². The summed E-state index contributed by atoms with van der Waals surface area (Å²) in [6, 6.07) is 5.69. The third kappa shape index (κ3) is 3.14. The summed E-state index contributed by atoms with van der Waals surface area (Å²) in [5.74, 6) is -0.658. The van der Waals surface area contributed by atoms with Crippen LogP contribution in [0, 0.1) is 11.3 Å². The SMILES string of the molecule is CC(C)N(CCC#N)C(=O)c1cc(O)ccc1O. The molecule has 2 N–H and O–H groups in total. The summed E-state index contributed by atoms with van der Waals surface area (Å²) in [4.78, 5) is 13.7. The van der Waals surface area contributed by atoms with E-state index in [4.69, 9.17) is 5.26 Å². The molecule has 0 aliphatic heterocycles. The van der Waals surface area contributed by atoms with Gasteiger partial charge in [-0.15, -0.1) is 0 Å². The molecule has 1 aromatic carbocycles. The van der Waals surface area contributed by atoms with Crippen molar-refractivity contribution in [2.45, 2.75) is 26.3 Å². The lowest BCUT2D eigenvalue weighted by Crippen LogP contribution is -2.37. The van der Waals surface area contributed by atoms with E-state index in [1.165, 1.54) is 23.1 Å². The summed E-state index contributed by atoms with van der Waals surface area (Å²) in [7, 11) is 0. The lowest BCUT2D eigenvalue weighted by Gasteiger charge is -2.26. The van der Waals surface area contributed by atoms with Crippen LogP contribution in [-0.4, -0.2) is 33.6 Å². The number of phenols is 2. The Labute approximate surface area is 106 Å². The van der Waals surface area contributed by atoms with E-state index in [0.29, 0.717) is 6.54 Å². The van der Waals surface area contributed by atoms with Gasteiger partial charge in [-0.1, -0.05) is 0 Å². The van der Waals surface area contributed by atoms with E-state index in [0.717, 1.165) is 0 Å². The van der Waals surface area contributed by atoms with Gasteiger partial charge in [0.05, 0.1) is 18.1 Å². The average Bonchev–Trinajstić information content (AvgIpc) is 2.32. The maximum absolute atomic E-state index is 12.2. The Bertz CT molecular complexity index is 478. The lowest BCUT2D eigenvalue weighted by molar-refractivity contribution is 0.0706. The molecule has 0 atom stereocenters. The number of hydrogen-bond acceptors (Lipinski definition) is 4. The van der Waals surface area contributed by atoms with Gasteiger partial charge in [0.1, 0.15) is 11.5 Å². The molecule has 18 heavy (non-hydrogen) atoms. The second kappa shape index (κ2) is 5.92. The van der Waals surface area contributed by atoms with Crippen molar-refractivity contribution < 1.29 is 15.0 Å². The number of nitriles is 1. The number of amides is 1. The predicted octanol–water partition coefficient (Wildman–Crippen LogP) is 1.86. The van der Waals surface area contributed by atoms with E-state index in [1.54, 1.807) is 0 Å². The molecular formula is C13H16N2O3. The highest BCUT2D eigenvalue weighted by molar-refractivity contribution is 5.97. The minimum atomic E-state index is -0.395. The number of benzene rings is 1. The fourth-order valence-corrected chi connectivity index (χ4v) is 1.61. The van der Waals surface area contributed by atoms with Gasteiger partial charge >= 0.3 is 0 Å². The Morgan fingerprint density at radius 2 is 2.11 bits per heavy atom. The highest BCUT2D eigenvalue weighted by Gasteiger charge is 2.21. The van der Waals surface area contributed by atoms with Gasteiger partial charge in [-0.25, -0.2) is 0 Å². The fraction of sp³-hybridized carbons (Fsp3) is 0.385. The summed E-state index contributed by atoms with van der Waals surface area (Å²) in [5, 5.41) is 27.6. The first kappa shape index (κ1) is 13.8. The van der Waals surface area contributed by atoms with Crippen molar-refractivity contribution in [3.63, 3.8) is 0 Å². The molecule has 0 aromatic heterocycles. The van der Waals surface area contributed by atoms with E-state index in [1.807, 2.05) is 19.9 Å². The highest BCUT2D eigenvalue weighted by atomic mass is 16.3. The molecule has 0 spiro atoms. The van der Waals surface area contributed by atoms with Crippen LogP contribution in [0.15, 0.2) is 18.2 Å². The maximum atomic E-state index is 12.2. The average molecular weight is 248 g/mol. The number of aromatic hydroxyl groups is 2. The molecule has 0 aliphatic carbocycles. The van der Waals surface area contributed by atoms with E-state index < -0.39 is 5.91 Å². The summed E-state index contributed by atoms with van der Waals surface area (Å²) in [6.45, 7) is 3.95. The zero-order chi connectivity index (χ0) is 13.7. The molecule has 0 saturated heterocycles. The van der Waals surface area contributed by atoms with Crippen molar-refractivity contribution >= 4 is 5.91 Å². The largest absolute Gasteiger partial charge is 0.508 e. The first-order valence-corrected chi connectivity index (χ1v) is 5.67. The number of carbonyl (C=O) groups is 1. The molecule has 5 heteroatoms. The topological polar surface area (TPSA) is 84.6 Å². The Hall–Kier alpha value is -2.22. The smallest absolute Gasteiger partial charge is 0.258 e. The molecule has 1 amide bonds. The second-order valence-electron chi connectivity index (χ2n) is 4.20. The summed E-state index contributed by atoms with van der Waals surface area (Å²) < 4.78 is 0. The van der Waals surface area contributed by atoms with Gasteiger partial charge in [0.25, 0.3) is 5.91 Å². The van der Waals surface area contributed by atoms with Gasteiger partial charge in [-0.05, 0) is 32.0 Å². The van der Waals surface area contributed by atoms with Crippen LogP contribution < -0.4 is 0 Å². The highest BCUT2D eigenvalue weighted by Crippen LogP contribution is 2.24. The normalized spacial score (nSPS) is 10.1. The standard InChI is InChI=1S/C13H16N2O3/c1-9(2)15(7-3-6-14)13(18)11-8-10(16)4-5-12(11)17/h4-5,8-9,16-17H,3,7H2,1-2H3. The van der Waals surface area contributed by atoms with Crippen molar-refractivity contribution in [2.24, 2.45) is 0 Å². The fourth-order valence-electron chi connectivity index (χ4n) is 1.61. The molecule has 0 aliphatic rings. The van der Waals surface area contributed by atoms with Crippen LogP contribution >= 0.6 is 0 Å². The van der Waals surface area contributed by atoms with Crippen LogP contribution in [-0.2, 0) is 0 Å². The molecule has 1 aromatic rings. The first-order chi connectivity index (χ1) is 8.47. The van der Waals surface area contributed by atoms with Crippen LogP contribution in [0.5, 0.6) is 11.5 Å². The summed E-state index contributed by atoms with van der Waals surface area (Å²) in [5.41, 5.74) is 0.0432. The molecule has 0 bridgehead atoms. The van der Waals surface area contributed by atoms with Gasteiger partial charge in [-0.2, -0.15) is 5.26 Å². The minimum absolute atomic E-state index is 0.0432. The Kier molecular flexibility index (Phi) is 4.55. The van der Waals surface area contributed by atoms with Gasteiger partial charge in [0.2, 0.25) is 0 Å². The van der Waals surface area contributed by atoms with E-state index in [-0.39, 0.29) is 29.5 Å². The van der Waals surface area contributed by atoms with Crippen molar-refractivity contribution in [2.75, 3.05) is 6.54 Å². The van der Waals surface area contributed by atoms with E-state index in [9.17, 15) is 15.0 Å². The molecule has 0 saturated carbocycles. The molecule has 1 rings (SSSR count). The quantitative estimate of drug-likeness (QED) is 0.796. The minimum Gasteiger partial charge on any atom is -0.508 e. The Balaban J connectivity index is 3.02. The molecule has 0 heterocycles. The molecule has 96 valence electrons. The molecule has 0 unspecified atom stereocenters. The molecular weight excluding hydrogens is 232 g/mol. The maximum Gasteiger partial charge on any atom is 0.258 e. The second-order valence-corrected chi connectivity index (χ2v) is 4.20. The number of hydrogen-bond donors (Lipinski definition) is 2. The summed E-state index contributed by atoms with van der Waals surface area (Å²) in [6.07, 6.45) is 0.226. The lowest BCUT2D eigenvalue weighted by atomic mass is 10.1. The Morgan fingerprint density at radius 3 is 2.67 bits per heavy atom. The van der Waals surface area contributed by atoms with E-state index >= 15 is 0 Å². The van der Waals surface area contributed by atoms with Crippen molar-refractivity contribution in [3.05, 3.63) is 23.8 Å². The first-order valence-electron chi connectivity index (χ1n) is 5.67. The summed E-state index contributed by atoms with van der Waals surface area (Å²) >= 11 is 0. The molecule has 0 fully saturated rings. The van der Waals surface area contributed by atoms with Crippen molar-refractivity contribution in [3.8, 4) is 17.6 Å². The van der Waals surface area contributed by atoms with Crippen LogP contribution in [0.4, 0.5) is 0 Å². The molecule has 0 radical (unpaired) electrons. The van der Waals surface area contributed by atoms with Gasteiger partial charge in [-0.3, -0.25) is 4.79 Å².